The van der Waals surface area contributed by atoms with E-state index < -0.39 is 0 Å². The predicted octanol–water partition coefficient (Wildman–Crippen LogP) is 5.31. The number of nitrogens with zero attached hydrogens (tertiary/aromatic N) is 3. The van der Waals surface area contributed by atoms with E-state index in [1.165, 1.54) is 12.8 Å². The summed E-state index contributed by atoms with van der Waals surface area (Å²) in [6.45, 7) is 8.04. The molecule has 3 aromatic rings. The Kier molecular flexibility index (Phi) is 7.28. The molecule has 8 heteroatoms. The SMILES string of the molecule is CNc1cc(-c2cc(-c3cc(NC(=O)NCCC4(C)CC4)ccc3C)cc(N3CCOCC3)n2)ccn1. The second kappa shape index (κ2) is 10.8. The maximum absolute atomic E-state index is 12.5. The van der Waals surface area contributed by atoms with Gasteiger partial charge in [0, 0.05) is 44.1 Å². The Hall–Kier alpha value is -3.65. The molecule has 37 heavy (non-hydrogen) atoms. The number of carbonyl (C=O) groups is 1. The summed E-state index contributed by atoms with van der Waals surface area (Å²) >= 11 is 0. The smallest absolute Gasteiger partial charge is 0.319 e. The Labute approximate surface area is 218 Å². The van der Waals surface area contributed by atoms with E-state index in [0.717, 1.165) is 64.8 Å². The number of benzene rings is 1. The van der Waals surface area contributed by atoms with Gasteiger partial charge in [-0.3, -0.25) is 0 Å². The number of hydrogen-bond acceptors (Lipinski definition) is 6. The van der Waals surface area contributed by atoms with Gasteiger partial charge in [-0.05, 0) is 84.7 Å². The third kappa shape index (κ3) is 6.20. The van der Waals surface area contributed by atoms with Crippen molar-refractivity contribution in [3.8, 4) is 22.4 Å². The lowest BCUT2D eigenvalue weighted by Crippen LogP contribution is -2.36. The van der Waals surface area contributed by atoms with Crippen LogP contribution in [0.1, 0.15) is 31.7 Å². The van der Waals surface area contributed by atoms with Crippen molar-refractivity contribution in [2.45, 2.75) is 33.1 Å². The van der Waals surface area contributed by atoms with Crippen molar-refractivity contribution in [2.75, 3.05) is 55.4 Å². The number of rotatable bonds is 8. The minimum Gasteiger partial charge on any atom is -0.378 e. The highest BCUT2D eigenvalue weighted by Crippen LogP contribution is 2.47. The molecule has 1 saturated carbocycles. The molecule has 0 bridgehead atoms. The van der Waals surface area contributed by atoms with Crippen LogP contribution in [0.3, 0.4) is 0 Å². The lowest BCUT2D eigenvalue weighted by molar-refractivity contribution is 0.122. The topological polar surface area (TPSA) is 91.4 Å². The average molecular weight is 501 g/mol. The number of aromatic nitrogens is 2. The predicted molar refractivity (Wildman–Crippen MR) is 149 cm³/mol. The first-order valence-corrected chi connectivity index (χ1v) is 13.1. The molecule has 0 spiro atoms. The number of anilines is 3. The van der Waals surface area contributed by atoms with Gasteiger partial charge in [-0.1, -0.05) is 13.0 Å². The zero-order chi connectivity index (χ0) is 25.8. The molecule has 8 nitrogen and oxygen atoms in total. The molecular weight excluding hydrogens is 464 g/mol. The van der Waals surface area contributed by atoms with E-state index in [2.05, 4.69) is 57.9 Å². The summed E-state index contributed by atoms with van der Waals surface area (Å²) < 4.78 is 5.57. The molecule has 0 radical (unpaired) electrons. The molecule has 3 N–H and O–H groups in total. The van der Waals surface area contributed by atoms with Crippen LogP contribution in [-0.2, 0) is 4.74 Å². The molecule has 2 amide bonds. The van der Waals surface area contributed by atoms with Gasteiger partial charge in [0.1, 0.15) is 11.6 Å². The number of nitrogens with one attached hydrogen (secondary N) is 3. The molecule has 1 aliphatic heterocycles. The fourth-order valence-electron chi connectivity index (χ4n) is 4.63. The maximum atomic E-state index is 12.5. The molecule has 0 unspecified atom stereocenters. The standard InChI is InChI=1S/C29H36N6O2/c1-20-4-5-23(33-28(36)32-11-9-29(2)7-8-29)19-24(20)22-16-25(21-6-10-31-26(17-21)30-3)34-27(18-22)35-12-14-37-15-13-35/h4-6,10,16-19H,7-9,11-15H2,1-3H3,(H,30,31)(H2,32,33,36). The number of ether oxygens (including phenoxy) is 1. The van der Waals surface area contributed by atoms with Crippen LogP contribution in [-0.4, -0.2) is 55.9 Å². The Bertz CT molecular complexity index is 1270. The summed E-state index contributed by atoms with van der Waals surface area (Å²) in [5, 5.41) is 9.13. The van der Waals surface area contributed by atoms with Gasteiger partial charge >= 0.3 is 6.03 Å². The third-order valence-corrected chi connectivity index (χ3v) is 7.38. The van der Waals surface area contributed by atoms with E-state index in [9.17, 15) is 4.79 Å². The van der Waals surface area contributed by atoms with Crippen LogP contribution in [0.25, 0.3) is 22.4 Å². The number of morpholine rings is 1. The van der Waals surface area contributed by atoms with E-state index in [-0.39, 0.29) is 6.03 Å². The molecule has 3 heterocycles. The van der Waals surface area contributed by atoms with Crippen LogP contribution in [0.15, 0.2) is 48.7 Å². The van der Waals surface area contributed by atoms with Crippen molar-refractivity contribution in [3.05, 3.63) is 54.2 Å². The number of hydrogen-bond donors (Lipinski definition) is 3. The fourth-order valence-corrected chi connectivity index (χ4v) is 4.63. The Morgan fingerprint density at radius 2 is 1.89 bits per heavy atom. The summed E-state index contributed by atoms with van der Waals surface area (Å²) in [6, 6.07) is 14.1. The first kappa shape index (κ1) is 25.0. The minimum atomic E-state index is -0.167. The highest BCUT2D eigenvalue weighted by molar-refractivity contribution is 5.90. The Morgan fingerprint density at radius 1 is 1.08 bits per heavy atom. The minimum absolute atomic E-state index is 0.167. The normalized spacial score (nSPS) is 16.2. The number of pyridine rings is 2. The third-order valence-electron chi connectivity index (χ3n) is 7.38. The molecule has 0 atom stereocenters. The summed E-state index contributed by atoms with van der Waals surface area (Å²) in [5.74, 6) is 1.71. The van der Waals surface area contributed by atoms with Gasteiger partial charge in [-0.25, -0.2) is 14.8 Å². The largest absolute Gasteiger partial charge is 0.378 e. The Balaban J connectivity index is 1.44. The average Bonchev–Trinajstić information content (AvgIpc) is 3.66. The van der Waals surface area contributed by atoms with Crippen LogP contribution in [0.2, 0.25) is 0 Å². The molecule has 194 valence electrons. The van der Waals surface area contributed by atoms with Gasteiger partial charge in [-0.2, -0.15) is 0 Å². The van der Waals surface area contributed by atoms with E-state index in [4.69, 9.17) is 9.72 Å². The van der Waals surface area contributed by atoms with Crippen LogP contribution >= 0.6 is 0 Å². The van der Waals surface area contributed by atoms with Gasteiger partial charge in [0.15, 0.2) is 0 Å². The van der Waals surface area contributed by atoms with Gasteiger partial charge < -0.3 is 25.6 Å². The molecule has 1 saturated heterocycles. The number of aryl methyl sites for hydroxylation is 1. The molecule has 2 aromatic heterocycles. The van der Waals surface area contributed by atoms with Gasteiger partial charge in [0.05, 0.1) is 18.9 Å². The fraction of sp³-hybridized carbons (Fsp3) is 0.414. The highest BCUT2D eigenvalue weighted by atomic mass is 16.5. The number of amides is 2. The zero-order valence-corrected chi connectivity index (χ0v) is 21.9. The van der Waals surface area contributed by atoms with Crippen LogP contribution in [0.4, 0.5) is 22.1 Å². The summed E-state index contributed by atoms with van der Waals surface area (Å²) in [6.07, 6.45) is 5.33. The van der Waals surface area contributed by atoms with Gasteiger partial charge in [0.25, 0.3) is 0 Å². The van der Waals surface area contributed by atoms with Gasteiger partial charge in [-0.15, -0.1) is 0 Å². The quantitative estimate of drug-likeness (QED) is 0.388. The summed E-state index contributed by atoms with van der Waals surface area (Å²) in [7, 11) is 1.86. The molecule has 2 aliphatic rings. The molecule has 1 aliphatic carbocycles. The summed E-state index contributed by atoms with van der Waals surface area (Å²) in [4.78, 5) is 24.2. The lowest BCUT2D eigenvalue weighted by Gasteiger charge is -2.28. The van der Waals surface area contributed by atoms with Gasteiger partial charge in [0.2, 0.25) is 0 Å². The Morgan fingerprint density at radius 3 is 2.65 bits per heavy atom. The van der Waals surface area contributed by atoms with Crippen LogP contribution < -0.4 is 20.9 Å². The van der Waals surface area contributed by atoms with E-state index >= 15 is 0 Å². The van der Waals surface area contributed by atoms with Crippen LogP contribution in [0.5, 0.6) is 0 Å². The first-order chi connectivity index (χ1) is 17.9. The van der Waals surface area contributed by atoms with Crippen LogP contribution in [0, 0.1) is 12.3 Å². The van der Waals surface area contributed by atoms with E-state index in [1.54, 1.807) is 6.20 Å². The summed E-state index contributed by atoms with van der Waals surface area (Å²) in [5.41, 5.74) is 6.30. The first-order valence-electron chi connectivity index (χ1n) is 13.1. The van der Waals surface area contributed by atoms with Crippen molar-refractivity contribution < 1.29 is 9.53 Å². The van der Waals surface area contributed by atoms with Crippen molar-refractivity contribution in [1.29, 1.82) is 0 Å². The number of carbonyl (C=O) groups excluding carboxylic acids is 1. The van der Waals surface area contributed by atoms with Crippen molar-refractivity contribution in [1.82, 2.24) is 15.3 Å². The van der Waals surface area contributed by atoms with Crippen molar-refractivity contribution in [2.24, 2.45) is 5.41 Å². The van der Waals surface area contributed by atoms with E-state index in [0.29, 0.717) is 25.2 Å². The monoisotopic (exact) mass is 500 g/mol. The molecule has 2 fully saturated rings. The maximum Gasteiger partial charge on any atom is 0.319 e. The zero-order valence-electron chi connectivity index (χ0n) is 21.9. The van der Waals surface area contributed by atoms with E-state index in [1.807, 2.05) is 31.3 Å². The second-order valence-electron chi connectivity index (χ2n) is 10.3. The molecular formula is C29H36N6O2. The second-order valence-corrected chi connectivity index (χ2v) is 10.3. The van der Waals surface area contributed by atoms with Crippen molar-refractivity contribution >= 4 is 23.4 Å². The number of urea groups is 1. The lowest BCUT2D eigenvalue weighted by atomic mass is 9.98. The molecule has 5 rings (SSSR count). The molecule has 1 aromatic carbocycles. The van der Waals surface area contributed by atoms with Crippen molar-refractivity contribution in [3.63, 3.8) is 0 Å². The highest BCUT2D eigenvalue weighted by Gasteiger charge is 2.36.